The third-order valence-electron chi connectivity index (χ3n) is 3.48. The van der Waals surface area contributed by atoms with Gasteiger partial charge in [0.1, 0.15) is 6.10 Å². The molecule has 5 nitrogen and oxygen atoms in total. The van der Waals surface area contributed by atoms with Crippen molar-refractivity contribution >= 4 is 0 Å². The summed E-state index contributed by atoms with van der Waals surface area (Å²) in [5.74, 6) is 1.07. The van der Waals surface area contributed by atoms with Gasteiger partial charge in [-0.25, -0.2) is 0 Å². The maximum Gasteiger partial charge on any atom is 0.243 e. The van der Waals surface area contributed by atoms with E-state index < -0.39 is 0 Å². The van der Waals surface area contributed by atoms with Crippen molar-refractivity contribution in [3.8, 4) is 0 Å². The second-order valence-corrected chi connectivity index (χ2v) is 5.13. The smallest absolute Gasteiger partial charge is 0.243 e. The van der Waals surface area contributed by atoms with Crippen LogP contribution in [0.15, 0.2) is 34.9 Å². The number of nitrogens with two attached hydrogens (primary N) is 1. The predicted octanol–water partition coefficient (Wildman–Crippen LogP) is 3.19. The number of methoxy groups -OCH3 is 1. The molecular formula is C16H23N3O2. The molecule has 0 radical (unpaired) electrons. The molecule has 2 unspecified atom stereocenters. The number of nitrogens with zero attached hydrogens (tertiary/aromatic N) is 2. The van der Waals surface area contributed by atoms with Crippen LogP contribution in [-0.2, 0) is 11.2 Å². The minimum atomic E-state index is -0.245. The molecule has 0 spiro atoms. The molecular weight excluding hydrogens is 266 g/mol. The number of hydrogen-bond acceptors (Lipinski definition) is 5. The Morgan fingerprint density at radius 3 is 2.67 bits per heavy atom. The first-order valence-electron chi connectivity index (χ1n) is 7.40. The first-order chi connectivity index (χ1) is 10.2. The number of rotatable bonds is 8. The predicted molar refractivity (Wildman–Crippen MR) is 80.6 cm³/mol. The van der Waals surface area contributed by atoms with Gasteiger partial charge in [-0.3, -0.25) is 0 Å². The molecule has 0 saturated heterocycles. The van der Waals surface area contributed by atoms with Gasteiger partial charge >= 0.3 is 0 Å². The van der Waals surface area contributed by atoms with Gasteiger partial charge in [-0.1, -0.05) is 48.8 Å². The van der Waals surface area contributed by atoms with Crippen LogP contribution in [0.4, 0.5) is 0 Å². The summed E-state index contributed by atoms with van der Waals surface area (Å²) in [4.78, 5) is 4.38. The van der Waals surface area contributed by atoms with E-state index in [9.17, 15) is 0 Å². The van der Waals surface area contributed by atoms with E-state index in [4.69, 9.17) is 15.0 Å². The molecule has 114 valence electrons. The van der Waals surface area contributed by atoms with E-state index in [2.05, 4.69) is 29.2 Å². The maximum absolute atomic E-state index is 6.13. The average molecular weight is 289 g/mol. The van der Waals surface area contributed by atoms with Crippen LogP contribution in [0.3, 0.4) is 0 Å². The highest BCUT2D eigenvalue weighted by Crippen LogP contribution is 2.22. The van der Waals surface area contributed by atoms with E-state index in [0.29, 0.717) is 11.7 Å². The van der Waals surface area contributed by atoms with Gasteiger partial charge < -0.3 is 15.0 Å². The standard InChI is InChI=1S/C16H23N3O2/c1-3-7-14(20-2)15-18-16(21-19-15)13(17)11-10-12-8-5-4-6-9-12/h4-6,8-9,13-14H,3,7,10-11,17H2,1-2H3. The van der Waals surface area contributed by atoms with Gasteiger partial charge in [0.05, 0.1) is 6.04 Å². The SMILES string of the molecule is CCCC(OC)c1noc(C(N)CCc2ccccc2)n1. The molecule has 0 aliphatic rings. The van der Waals surface area contributed by atoms with E-state index in [1.54, 1.807) is 7.11 Å². The Labute approximate surface area is 125 Å². The third-order valence-corrected chi connectivity index (χ3v) is 3.48. The highest BCUT2D eigenvalue weighted by molar-refractivity contribution is 5.15. The molecule has 0 aliphatic heterocycles. The van der Waals surface area contributed by atoms with Crippen molar-refractivity contribution in [1.29, 1.82) is 0 Å². The second kappa shape index (κ2) is 7.90. The Morgan fingerprint density at radius 1 is 1.24 bits per heavy atom. The van der Waals surface area contributed by atoms with Crippen molar-refractivity contribution < 1.29 is 9.26 Å². The second-order valence-electron chi connectivity index (χ2n) is 5.13. The van der Waals surface area contributed by atoms with Gasteiger partial charge in [-0.05, 0) is 24.8 Å². The Morgan fingerprint density at radius 2 is 2.00 bits per heavy atom. The van der Waals surface area contributed by atoms with E-state index in [1.165, 1.54) is 5.56 Å². The van der Waals surface area contributed by atoms with Gasteiger partial charge in [0, 0.05) is 7.11 Å². The van der Waals surface area contributed by atoms with Crippen molar-refractivity contribution in [2.24, 2.45) is 5.73 Å². The number of benzene rings is 1. The first-order valence-corrected chi connectivity index (χ1v) is 7.40. The molecule has 2 N–H and O–H groups in total. The van der Waals surface area contributed by atoms with Crippen LogP contribution >= 0.6 is 0 Å². The largest absolute Gasteiger partial charge is 0.373 e. The summed E-state index contributed by atoms with van der Waals surface area (Å²) >= 11 is 0. The maximum atomic E-state index is 6.13. The van der Waals surface area contributed by atoms with Gasteiger partial charge in [-0.15, -0.1) is 0 Å². The van der Waals surface area contributed by atoms with E-state index >= 15 is 0 Å². The van der Waals surface area contributed by atoms with Crippen molar-refractivity contribution in [1.82, 2.24) is 10.1 Å². The summed E-state index contributed by atoms with van der Waals surface area (Å²) < 4.78 is 10.7. The highest BCUT2D eigenvalue weighted by Gasteiger charge is 2.20. The van der Waals surface area contributed by atoms with Gasteiger partial charge in [0.2, 0.25) is 11.7 Å². The summed E-state index contributed by atoms with van der Waals surface area (Å²) in [6, 6.07) is 10.00. The van der Waals surface area contributed by atoms with Crippen LogP contribution < -0.4 is 5.73 Å². The van der Waals surface area contributed by atoms with Crippen LogP contribution in [-0.4, -0.2) is 17.3 Å². The minimum Gasteiger partial charge on any atom is -0.373 e. The molecule has 0 fully saturated rings. The Hall–Kier alpha value is -1.72. The van der Waals surface area contributed by atoms with Crippen LogP contribution in [0.1, 0.15) is 55.6 Å². The van der Waals surface area contributed by atoms with Crippen molar-refractivity contribution in [2.45, 2.75) is 44.8 Å². The van der Waals surface area contributed by atoms with E-state index in [-0.39, 0.29) is 12.1 Å². The number of aryl methyl sites for hydroxylation is 1. The zero-order valence-electron chi connectivity index (χ0n) is 12.7. The van der Waals surface area contributed by atoms with Crippen molar-refractivity contribution in [3.05, 3.63) is 47.6 Å². The number of aromatic nitrogens is 2. The monoisotopic (exact) mass is 289 g/mol. The molecule has 0 aliphatic carbocycles. The van der Waals surface area contributed by atoms with Crippen LogP contribution in [0.2, 0.25) is 0 Å². The first kappa shape index (κ1) is 15.7. The summed E-state index contributed by atoms with van der Waals surface area (Å²) in [6.45, 7) is 2.10. The van der Waals surface area contributed by atoms with E-state index in [0.717, 1.165) is 25.7 Å². The summed E-state index contributed by atoms with van der Waals surface area (Å²) in [5, 5.41) is 3.99. The van der Waals surface area contributed by atoms with E-state index in [1.807, 2.05) is 18.2 Å². The lowest BCUT2D eigenvalue weighted by Gasteiger charge is -2.09. The Balaban J connectivity index is 1.93. The molecule has 5 heteroatoms. The minimum absolute atomic E-state index is 0.117. The van der Waals surface area contributed by atoms with Gasteiger partial charge in [-0.2, -0.15) is 4.98 Å². The summed E-state index contributed by atoms with van der Waals surface area (Å²) in [5.41, 5.74) is 7.39. The topological polar surface area (TPSA) is 74.2 Å². The lowest BCUT2D eigenvalue weighted by Crippen LogP contribution is -2.12. The fourth-order valence-electron chi connectivity index (χ4n) is 2.23. The molecule has 2 aromatic rings. The Bertz CT molecular complexity index is 527. The van der Waals surface area contributed by atoms with Crippen LogP contribution in [0.5, 0.6) is 0 Å². The summed E-state index contributed by atoms with van der Waals surface area (Å²) in [7, 11) is 1.66. The molecule has 0 saturated carbocycles. The van der Waals surface area contributed by atoms with Gasteiger partial charge in [0.15, 0.2) is 0 Å². The molecule has 2 rings (SSSR count). The Kier molecular flexibility index (Phi) is 5.90. The molecule has 21 heavy (non-hydrogen) atoms. The molecule has 0 bridgehead atoms. The zero-order valence-corrected chi connectivity index (χ0v) is 12.7. The van der Waals surface area contributed by atoms with Crippen molar-refractivity contribution in [3.63, 3.8) is 0 Å². The number of hydrogen-bond donors (Lipinski definition) is 1. The molecule has 0 amide bonds. The molecule has 1 heterocycles. The molecule has 1 aromatic carbocycles. The fourth-order valence-corrected chi connectivity index (χ4v) is 2.23. The third kappa shape index (κ3) is 4.37. The fraction of sp³-hybridized carbons (Fsp3) is 0.500. The van der Waals surface area contributed by atoms with Crippen LogP contribution in [0.25, 0.3) is 0 Å². The number of ether oxygens (including phenoxy) is 1. The summed E-state index contributed by atoms with van der Waals surface area (Å²) in [6.07, 6.45) is 3.42. The van der Waals surface area contributed by atoms with Crippen molar-refractivity contribution in [2.75, 3.05) is 7.11 Å². The van der Waals surface area contributed by atoms with Crippen LogP contribution in [0, 0.1) is 0 Å². The lowest BCUT2D eigenvalue weighted by molar-refractivity contribution is 0.0854. The van der Waals surface area contributed by atoms with Gasteiger partial charge in [0.25, 0.3) is 0 Å². The quantitative estimate of drug-likeness (QED) is 0.807. The zero-order chi connectivity index (χ0) is 15.1. The lowest BCUT2D eigenvalue weighted by atomic mass is 10.1. The average Bonchev–Trinajstić information content (AvgIpc) is 3.01. The molecule has 2 atom stereocenters. The molecule has 1 aromatic heterocycles. The normalized spacial score (nSPS) is 14.0. The highest BCUT2D eigenvalue weighted by atomic mass is 16.5.